The molecule has 0 atom stereocenters. The Hall–Kier alpha value is -2.61. The zero-order valence-electron chi connectivity index (χ0n) is 13.1. The first kappa shape index (κ1) is 17.2. The van der Waals surface area contributed by atoms with Crippen molar-refractivity contribution in [3.05, 3.63) is 64.4 Å². The second-order valence-electron chi connectivity index (χ2n) is 5.27. The Morgan fingerprint density at radius 1 is 1.28 bits per heavy atom. The Morgan fingerprint density at radius 2 is 2.08 bits per heavy atom. The first-order valence-corrected chi connectivity index (χ1v) is 8.12. The number of thiazole rings is 1. The highest BCUT2D eigenvalue weighted by atomic mass is 32.1. The minimum absolute atomic E-state index is 0.0387. The van der Waals surface area contributed by atoms with Gasteiger partial charge in [-0.05, 0) is 37.3 Å². The van der Waals surface area contributed by atoms with Crippen molar-refractivity contribution in [1.29, 1.82) is 0 Å². The van der Waals surface area contributed by atoms with E-state index < -0.39 is 17.6 Å². The molecule has 0 saturated carbocycles. The lowest BCUT2D eigenvalue weighted by Crippen LogP contribution is -2.23. The van der Waals surface area contributed by atoms with Crippen molar-refractivity contribution in [2.45, 2.75) is 19.6 Å². The molecule has 25 heavy (non-hydrogen) atoms. The molecule has 3 aromatic rings. The van der Waals surface area contributed by atoms with E-state index in [9.17, 15) is 18.0 Å². The lowest BCUT2D eigenvalue weighted by Gasteiger charge is -2.09. The number of carbonyl (C=O) groups is 1. The van der Waals surface area contributed by atoms with E-state index in [1.165, 1.54) is 23.5 Å². The highest BCUT2D eigenvalue weighted by Crippen LogP contribution is 2.30. The minimum atomic E-state index is -4.48. The van der Waals surface area contributed by atoms with E-state index in [0.717, 1.165) is 22.7 Å². The van der Waals surface area contributed by atoms with Crippen LogP contribution < -0.4 is 5.32 Å². The molecule has 0 unspecified atom stereocenters. The predicted octanol–water partition coefficient (Wildman–Crippen LogP) is 4.66. The zero-order chi connectivity index (χ0) is 18.0. The quantitative estimate of drug-likeness (QED) is 0.731. The molecular formula is C17H13F3N2O2S. The number of nitrogens with one attached hydrogen (secondary N) is 1. The van der Waals surface area contributed by atoms with Gasteiger partial charge in [0.15, 0.2) is 10.8 Å². The van der Waals surface area contributed by atoms with Crippen molar-refractivity contribution in [3.8, 4) is 10.8 Å². The van der Waals surface area contributed by atoms with Crippen LogP contribution in [0.5, 0.6) is 0 Å². The summed E-state index contributed by atoms with van der Waals surface area (Å²) in [4.78, 5) is 17.3. The van der Waals surface area contributed by atoms with Gasteiger partial charge in [-0.1, -0.05) is 6.07 Å². The number of carbonyl (C=O) groups excluding carboxylic acids is 1. The summed E-state index contributed by atoms with van der Waals surface area (Å²) in [5, 5.41) is 3.31. The fourth-order valence-corrected chi connectivity index (χ4v) is 3.17. The molecule has 3 rings (SSSR count). The molecule has 0 aliphatic rings. The highest BCUT2D eigenvalue weighted by molar-refractivity contribution is 7.15. The number of rotatable bonds is 4. The third kappa shape index (κ3) is 3.90. The molecule has 2 heterocycles. The summed E-state index contributed by atoms with van der Waals surface area (Å²) in [6.07, 6.45) is -2.94. The Morgan fingerprint density at radius 3 is 2.76 bits per heavy atom. The Balaban J connectivity index is 1.71. The molecule has 4 nitrogen and oxygen atoms in total. The number of amides is 1. The summed E-state index contributed by atoms with van der Waals surface area (Å²) in [6, 6.07) is 7.86. The summed E-state index contributed by atoms with van der Waals surface area (Å²) < 4.78 is 43.5. The van der Waals surface area contributed by atoms with E-state index in [-0.39, 0.29) is 12.1 Å². The van der Waals surface area contributed by atoms with Crippen LogP contribution in [-0.2, 0) is 12.7 Å². The summed E-state index contributed by atoms with van der Waals surface area (Å²) in [6.45, 7) is 1.98. The maximum atomic E-state index is 12.7. The Labute approximate surface area is 145 Å². The summed E-state index contributed by atoms with van der Waals surface area (Å²) in [7, 11) is 0. The largest absolute Gasteiger partial charge is 0.462 e. The first-order valence-electron chi connectivity index (χ1n) is 7.30. The molecule has 0 aliphatic heterocycles. The van der Waals surface area contributed by atoms with Crippen molar-refractivity contribution < 1.29 is 22.4 Å². The van der Waals surface area contributed by atoms with Crippen LogP contribution in [0.25, 0.3) is 10.8 Å². The van der Waals surface area contributed by atoms with Crippen molar-refractivity contribution in [1.82, 2.24) is 10.3 Å². The topological polar surface area (TPSA) is 55.1 Å². The fraction of sp³-hybridized carbons (Fsp3) is 0.176. The smallest absolute Gasteiger partial charge is 0.416 e. The number of hydrogen-bond acceptors (Lipinski definition) is 4. The molecule has 1 amide bonds. The van der Waals surface area contributed by atoms with Crippen molar-refractivity contribution >= 4 is 17.2 Å². The number of furan rings is 1. The number of hydrogen-bond donors (Lipinski definition) is 1. The second-order valence-corrected chi connectivity index (χ2v) is 6.35. The van der Waals surface area contributed by atoms with Crippen LogP contribution >= 0.6 is 11.3 Å². The van der Waals surface area contributed by atoms with Crippen LogP contribution in [0.3, 0.4) is 0 Å². The van der Waals surface area contributed by atoms with Crippen LogP contribution in [0, 0.1) is 6.92 Å². The third-order valence-corrected chi connectivity index (χ3v) is 4.66. The summed E-state index contributed by atoms with van der Waals surface area (Å²) in [5.74, 6) is 0.0574. The number of aromatic nitrogens is 1. The van der Waals surface area contributed by atoms with Gasteiger partial charge in [-0.2, -0.15) is 13.2 Å². The maximum Gasteiger partial charge on any atom is 0.416 e. The summed E-state index contributed by atoms with van der Waals surface area (Å²) >= 11 is 1.36. The zero-order valence-corrected chi connectivity index (χ0v) is 13.9. The monoisotopic (exact) mass is 366 g/mol. The van der Waals surface area contributed by atoms with Gasteiger partial charge in [-0.25, -0.2) is 4.98 Å². The molecule has 0 saturated heterocycles. The SMILES string of the molecule is Cc1nc(-c2ccco2)sc1CNC(=O)c1cccc(C(F)(F)F)c1. The lowest BCUT2D eigenvalue weighted by molar-refractivity contribution is -0.137. The molecule has 130 valence electrons. The molecule has 2 aromatic heterocycles. The van der Waals surface area contributed by atoms with E-state index in [1.54, 1.807) is 25.3 Å². The average Bonchev–Trinajstić information content (AvgIpc) is 3.21. The van der Waals surface area contributed by atoms with Gasteiger partial charge >= 0.3 is 6.18 Å². The van der Waals surface area contributed by atoms with Gasteiger partial charge in [-0.15, -0.1) is 11.3 Å². The van der Waals surface area contributed by atoms with E-state index in [4.69, 9.17) is 4.42 Å². The fourth-order valence-electron chi connectivity index (χ4n) is 2.20. The van der Waals surface area contributed by atoms with Gasteiger partial charge in [0.25, 0.3) is 5.91 Å². The number of alkyl halides is 3. The predicted molar refractivity (Wildman–Crippen MR) is 87.2 cm³/mol. The van der Waals surface area contributed by atoms with Crippen LogP contribution in [-0.4, -0.2) is 10.9 Å². The van der Waals surface area contributed by atoms with E-state index in [0.29, 0.717) is 10.8 Å². The number of aryl methyl sites for hydroxylation is 1. The summed E-state index contributed by atoms with van der Waals surface area (Å²) in [5.41, 5.74) is -0.154. The molecule has 0 radical (unpaired) electrons. The first-order chi connectivity index (χ1) is 11.8. The molecule has 8 heteroatoms. The van der Waals surface area contributed by atoms with Gasteiger partial charge in [0, 0.05) is 10.4 Å². The van der Waals surface area contributed by atoms with E-state index >= 15 is 0 Å². The second kappa shape index (κ2) is 6.72. The van der Waals surface area contributed by atoms with Gasteiger partial charge in [0.1, 0.15) is 0 Å². The van der Waals surface area contributed by atoms with E-state index in [2.05, 4.69) is 10.3 Å². The van der Waals surface area contributed by atoms with Crippen molar-refractivity contribution in [3.63, 3.8) is 0 Å². The molecule has 1 aromatic carbocycles. The highest BCUT2D eigenvalue weighted by Gasteiger charge is 2.30. The van der Waals surface area contributed by atoms with E-state index in [1.807, 2.05) is 0 Å². The standard InChI is InChI=1S/C17H13F3N2O2S/c1-10-14(25-16(22-10)13-6-3-7-24-13)9-21-15(23)11-4-2-5-12(8-11)17(18,19)20/h2-8H,9H2,1H3,(H,21,23). The van der Waals surface area contributed by atoms with Gasteiger partial charge < -0.3 is 9.73 Å². The minimum Gasteiger partial charge on any atom is -0.462 e. The number of benzene rings is 1. The van der Waals surface area contributed by atoms with Crippen molar-refractivity contribution in [2.75, 3.05) is 0 Å². The number of halogens is 3. The van der Waals surface area contributed by atoms with Gasteiger partial charge in [0.2, 0.25) is 0 Å². The Bertz CT molecular complexity index is 886. The molecular weight excluding hydrogens is 353 g/mol. The van der Waals surface area contributed by atoms with Gasteiger partial charge in [-0.3, -0.25) is 4.79 Å². The average molecular weight is 366 g/mol. The molecule has 1 N–H and O–H groups in total. The molecule has 0 bridgehead atoms. The molecule has 0 spiro atoms. The van der Waals surface area contributed by atoms with Crippen LogP contribution in [0.1, 0.15) is 26.5 Å². The lowest BCUT2D eigenvalue weighted by atomic mass is 10.1. The normalized spacial score (nSPS) is 11.5. The number of nitrogens with zero attached hydrogens (tertiary/aromatic N) is 1. The van der Waals surface area contributed by atoms with Gasteiger partial charge in [0.05, 0.1) is 24.1 Å². The van der Waals surface area contributed by atoms with Crippen molar-refractivity contribution in [2.24, 2.45) is 0 Å². The Kier molecular flexibility index (Phi) is 4.63. The molecule has 0 fully saturated rings. The maximum absolute atomic E-state index is 12.7. The van der Waals surface area contributed by atoms with Crippen LogP contribution in [0.15, 0.2) is 47.1 Å². The molecule has 0 aliphatic carbocycles. The van der Waals surface area contributed by atoms with Crippen LogP contribution in [0.2, 0.25) is 0 Å². The van der Waals surface area contributed by atoms with Crippen LogP contribution in [0.4, 0.5) is 13.2 Å². The third-order valence-electron chi connectivity index (χ3n) is 3.49.